The fourth-order valence-corrected chi connectivity index (χ4v) is 6.88. The first kappa shape index (κ1) is 20.0. The molecule has 30 heavy (non-hydrogen) atoms. The molecule has 5 rings (SSSR count). The van der Waals surface area contributed by atoms with E-state index in [1.165, 1.54) is 103 Å². The zero-order valence-electron chi connectivity index (χ0n) is 18.1. The predicted octanol–water partition coefficient (Wildman–Crippen LogP) is 9.89. The van der Waals surface area contributed by atoms with Crippen LogP contribution in [0.3, 0.4) is 0 Å². The van der Waals surface area contributed by atoms with Gasteiger partial charge in [0.2, 0.25) is 0 Å². The van der Waals surface area contributed by atoms with E-state index in [1.54, 1.807) is 0 Å². The van der Waals surface area contributed by atoms with Gasteiger partial charge >= 0.3 is 0 Å². The maximum atomic E-state index is 2.46. The molecule has 0 nitrogen and oxygen atoms in total. The van der Waals surface area contributed by atoms with Gasteiger partial charge in [-0.2, -0.15) is 0 Å². The van der Waals surface area contributed by atoms with Gasteiger partial charge in [0.05, 0.1) is 0 Å². The zero-order chi connectivity index (χ0) is 20.5. The fourth-order valence-electron chi connectivity index (χ4n) is 4.64. The summed E-state index contributed by atoms with van der Waals surface area (Å²) in [5, 5.41) is 8.46. The van der Waals surface area contributed by atoms with Crippen molar-refractivity contribution in [3.63, 3.8) is 0 Å². The smallest absolute Gasteiger partial charge is 0.0352 e. The largest absolute Gasteiger partial charge is 0.140 e. The Balaban J connectivity index is 1.59. The van der Waals surface area contributed by atoms with Gasteiger partial charge in [0, 0.05) is 29.9 Å². The van der Waals surface area contributed by atoms with Crippen LogP contribution in [0.2, 0.25) is 0 Å². The number of thiophene rings is 2. The summed E-state index contributed by atoms with van der Waals surface area (Å²) in [5.74, 6) is 0. The summed E-state index contributed by atoms with van der Waals surface area (Å²) in [5.41, 5.74) is 0. The third-order valence-electron chi connectivity index (χ3n) is 6.31. The van der Waals surface area contributed by atoms with Gasteiger partial charge in [-0.25, -0.2) is 0 Å². The number of unbranched alkanes of at least 4 members (excludes halogenated alkanes) is 4. The molecule has 0 fully saturated rings. The fraction of sp³-hybridized carbons (Fsp3) is 0.357. The Hall–Kier alpha value is -1.90. The molecule has 0 atom stereocenters. The number of rotatable bonds is 8. The highest BCUT2D eigenvalue weighted by Crippen LogP contribution is 2.38. The van der Waals surface area contributed by atoms with Crippen LogP contribution >= 0.6 is 22.7 Å². The SMILES string of the molecule is CCCCCc1cc2c(ccc3cc4c(ccc5sc(CCCCC)cc54)cc32)s1. The second-order valence-corrected chi connectivity index (χ2v) is 10.9. The summed E-state index contributed by atoms with van der Waals surface area (Å²) >= 11 is 3.97. The first-order chi connectivity index (χ1) is 14.8. The number of hydrogen-bond acceptors (Lipinski definition) is 2. The van der Waals surface area contributed by atoms with E-state index in [-0.39, 0.29) is 0 Å². The molecule has 0 radical (unpaired) electrons. The number of hydrogen-bond donors (Lipinski definition) is 0. The van der Waals surface area contributed by atoms with Crippen molar-refractivity contribution in [2.24, 2.45) is 0 Å². The molecule has 0 saturated carbocycles. The third kappa shape index (κ3) is 3.76. The Morgan fingerprint density at radius 3 is 1.43 bits per heavy atom. The second-order valence-electron chi connectivity index (χ2n) is 8.59. The number of benzene rings is 3. The molecule has 0 amide bonds. The van der Waals surface area contributed by atoms with Gasteiger partial charge < -0.3 is 0 Å². The highest BCUT2D eigenvalue weighted by molar-refractivity contribution is 7.19. The van der Waals surface area contributed by atoms with Crippen LogP contribution in [0.15, 0.2) is 48.5 Å². The zero-order valence-corrected chi connectivity index (χ0v) is 19.7. The lowest BCUT2D eigenvalue weighted by Crippen LogP contribution is -1.80. The predicted molar refractivity (Wildman–Crippen MR) is 139 cm³/mol. The Morgan fingerprint density at radius 1 is 0.533 bits per heavy atom. The van der Waals surface area contributed by atoms with Crippen LogP contribution < -0.4 is 0 Å². The highest BCUT2D eigenvalue weighted by atomic mass is 32.1. The molecule has 0 unspecified atom stereocenters. The molecule has 0 N–H and O–H groups in total. The van der Waals surface area contributed by atoms with Crippen molar-refractivity contribution in [1.29, 1.82) is 0 Å². The van der Waals surface area contributed by atoms with Crippen molar-refractivity contribution in [1.82, 2.24) is 0 Å². The maximum Gasteiger partial charge on any atom is 0.0352 e. The van der Waals surface area contributed by atoms with E-state index in [1.807, 2.05) is 22.7 Å². The molecule has 0 aliphatic carbocycles. The van der Waals surface area contributed by atoms with Crippen LogP contribution in [0, 0.1) is 0 Å². The summed E-state index contributed by atoms with van der Waals surface area (Å²) < 4.78 is 2.87. The van der Waals surface area contributed by atoms with E-state index in [2.05, 4.69) is 62.4 Å². The van der Waals surface area contributed by atoms with Crippen LogP contribution in [-0.2, 0) is 12.8 Å². The van der Waals surface area contributed by atoms with Crippen LogP contribution in [0.5, 0.6) is 0 Å². The van der Waals surface area contributed by atoms with Crippen LogP contribution in [0.4, 0.5) is 0 Å². The van der Waals surface area contributed by atoms with E-state index in [9.17, 15) is 0 Å². The minimum absolute atomic E-state index is 1.22. The standard InChI is InChI=1S/C28H30S2/c1-3-5-7-9-21-17-25-23-15-20-12-14-28-26(18-22(30-28)10-8-6-4-2)24(20)16-19(23)11-13-27(25)29-21/h11-18H,3-10H2,1-2H3. The van der Waals surface area contributed by atoms with Crippen molar-refractivity contribution in [2.75, 3.05) is 0 Å². The van der Waals surface area contributed by atoms with Crippen molar-refractivity contribution in [3.8, 4) is 0 Å². The molecule has 0 bridgehead atoms. The Labute approximate surface area is 187 Å². The van der Waals surface area contributed by atoms with Crippen LogP contribution in [-0.4, -0.2) is 0 Å². The lowest BCUT2D eigenvalue weighted by atomic mass is 9.99. The maximum absolute atomic E-state index is 2.46. The van der Waals surface area contributed by atoms with Gasteiger partial charge in [-0.15, -0.1) is 22.7 Å². The molecule has 3 aromatic carbocycles. The molecular formula is C28H30S2. The van der Waals surface area contributed by atoms with Crippen molar-refractivity contribution in [2.45, 2.75) is 65.2 Å². The van der Waals surface area contributed by atoms with Gasteiger partial charge in [-0.1, -0.05) is 51.7 Å². The molecule has 0 spiro atoms. The van der Waals surface area contributed by atoms with Crippen LogP contribution in [0.25, 0.3) is 41.7 Å². The second kappa shape index (κ2) is 8.69. The Kier molecular flexibility index (Phi) is 5.80. The molecule has 2 aromatic heterocycles. The molecule has 0 saturated heterocycles. The summed E-state index contributed by atoms with van der Waals surface area (Å²) in [7, 11) is 0. The topological polar surface area (TPSA) is 0 Å². The first-order valence-electron chi connectivity index (χ1n) is 11.6. The van der Waals surface area contributed by atoms with Crippen molar-refractivity contribution >= 4 is 64.4 Å². The molecule has 0 aliphatic heterocycles. The summed E-state index contributed by atoms with van der Waals surface area (Å²) in [6, 6.07) is 19.1. The van der Waals surface area contributed by atoms with Gasteiger partial charge in [0.1, 0.15) is 0 Å². The lowest BCUT2D eigenvalue weighted by Gasteiger charge is -2.05. The van der Waals surface area contributed by atoms with Crippen molar-refractivity contribution < 1.29 is 0 Å². The highest BCUT2D eigenvalue weighted by Gasteiger charge is 2.10. The van der Waals surface area contributed by atoms with Gasteiger partial charge in [0.15, 0.2) is 0 Å². The molecule has 5 aromatic rings. The quantitative estimate of drug-likeness (QED) is 0.170. The Bertz CT molecular complexity index is 1210. The molecule has 154 valence electrons. The molecular weight excluding hydrogens is 400 g/mol. The summed E-state index contributed by atoms with van der Waals surface area (Å²) in [6.45, 7) is 4.56. The molecule has 2 heterocycles. The van der Waals surface area contributed by atoms with E-state index in [0.29, 0.717) is 0 Å². The van der Waals surface area contributed by atoms with Crippen LogP contribution in [0.1, 0.15) is 62.1 Å². The average Bonchev–Trinajstić information content (AvgIpc) is 3.36. The minimum atomic E-state index is 1.22. The Morgan fingerprint density at radius 2 is 1.00 bits per heavy atom. The van der Waals surface area contributed by atoms with E-state index in [0.717, 1.165) is 0 Å². The molecule has 0 aliphatic rings. The van der Waals surface area contributed by atoms with E-state index >= 15 is 0 Å². The normalized spacial score (nSPS) is 12.1. The third-order valence-corrected chi connectivity index (χ3v) is 8.63. The van der Waals surface area contributed by atoms with E-state index < -0.39 is 0 Å². The minimum Gasteiger partial charge on any atom is -0.140 e. The van der Waals surface area contributed by atoms with Gasteiger partial charge in [-0.05, 0) is 83.6 Å². The monoisotopic (exact) mass is 430 g/mol. The van der Waals surface area contributed by atoms with Gasteiger partial charge in [0.25, 0.3) is 0 Å². The van der Waals surface area contributed by atoms with Crippen molar-refractivity contribution in [3.05, 3.63) is 58.3 Å². The van der Waals surface area contributed by atoms with E-state index in [4.69, 9.17) is 0 Å². The number of aryl methyl sites for hydroxylation is 2. The number of fused-ring (bicyclic) bond motifs is 6. The summed E-state index contributed by atoms with van der Waals surface area (Å²) in [4.78, 5) is 3.08. The lowest BCUT2D eigenvalue weighted by molar-refractivity contribution is 0.723. The average molecular weight is 431 g/mol. The first-order valence-corrected chi connectivity index (χ1v) is 13.2. The van der Waals surface area contributed by atoms with Gasteiger partial charge in [-0.3, -0.25) is 0 Å². The molecule has 2 heteroatoms. The summed E-state index contributed by atoms with van der Waals surface area (Å²) in [6.07, 6.45) is 10.3.